The normalized spacial score (nSPS) is 11.8. The Morgan fingerprint density at radius 2 is 1.41 bits per heavy atom. The first-order chi connectivity index (χ1) is 10.7. The lowest BCUT2D eigenvalue weighted by Crippen LogP contribution is -2.32. The maximum atomic E-state index is 6.67. The van der Waals surface area contributed by atoms with Gasteiger partial charge in [-0.05, 0) is 5.39 Å². The molecule has 0 saturated carbocycles. The molecule has 0 amide bonds. The number of halogens is 1. The van der Waals surface area contributed by atoms with Crippen LogP contribution in [0.15, 0.2) is 66.7 Å². The number of hydrogen-bond acceptors (Lipinski definition) is 2. The Balaban J connectivity index is 2.28. The smallest absolute Gasteiger partial charge is 0.223 e. The predicted octanol–water partition coefficient (Wildman–Crippen LogP) is 4.99. The Labute approximate surface area is 135 Å². The van der Waals surface area contributed by atoms with Gasteiger partial charge in [-0.25, -0.2) is 0 Å². The molecule has 0 unspecified atom stereocenters. The third-order valence-electron chi connectivity index (χ3n) is 3.95. The topological polar surface area (TPSA) is 18.5 Å². The lowest BCUT2D eigenvalue weighted by atomic mass is 9.94. The van der Waals surface area contributed by atoms with Gasteiger partial charge in [0.15, 0.2) is 0 Å². The van der Waals surface area contributed by atoms with Crippen LogP contribution in [-0.4, -0.2) is 14.2 Å². The zero-order valence-electron chi connectivity index (χ0n) is 12.5. The molecule has 3 aromatic carbocycles. The van der Waals surface area contributed by atoms with Gasteiger partial charge in [-0.1, -0.05) is 78.3 Å². The second-order valence-electron chi connectivity index (χ2n) is 5.04. The van der Waals surface area contributed by atoms with Crippen LogP contribution in [0.5, 0.6) is 0 Å². The number of ether oxygens (including phenoxy) is 2. The van der Waals surface area contributed by atoms with E-state index in [1.807, 2.05) is 66.7 Å². The van der Waals surface area contributed by atoms with Gasteiger partial charge in [0, 0.05) is 30.7 Å². The molecule has 0 saturated heterocycles. The Bertz CT molecular complexity index is 780. The monoisotopic (exact) mass is 312 g/mol. The fourth-order valence-corrected chi connectivity index (χ4v) is 3.20. The van der Waals surface area contributed by atoms with Crippen LogP contribution in [0, 0.1) is 0 Å². The van der Waals surface area contributed by atoms with E-state index in [9.17, 15) is 0 Å². The van der Waals surface area contributed by atoms with Crippen molar-refractivity contribution in [2.24, 2.45) is 0 Å². The molecule has 0 aromatic heterocycles. The predicted molar refractivity (Wildman–Crippen MR) is 90.2 cm³/mol. The van der Waals surface area contributed by atoms with Crippen LogP contribution in [0.4, 0.5) is 0 Å². The Morgan fingerprint density at radius 3 is 2.09 bits per heavy atom. The molecule has 0 spiro atoms. The fourth-order valence-electron chi connectivity index (χ4n) is 2.84. The van der Waals surface area contributed by atoms with E-state index >= 15 is 0 Å². The van der Waals surface area contributed by atoms with Crippen molar-refractivity contribution < 1.29 is 9.47 Å². The molecule has 0 N–H and O–H groups in total. The molecule has 0 atom stereocenters. The highest BCUT2D eigenvalue weighted by atomic mass is 35.5. The molecule has 2 nitrogen and oxygen atoms in total. The van der Waals surface area contributed by atoms with Gasteiger partial charge in [-0.2, -0.15) is 0 Å². The zero-order valence-corrected chi connectivity index (χ0v) is 13.3. The third kappa shape index (κ3) is 2.30. The summed E-state index contributed by atoms with van der Waals surface area (Å²) in [5.74, 6) is -1.03. The lowest BCUT2D eigenvalue weighted by Gasteiger charge is -2.32. The van der Waals surface area contributed by atoms with Gasteiger partial charge in [-0.3, -0.25) is 0 Å². The molecule has 0 aliphatic rings. The third-order valence-corrected chi connectivity index (χ3v) is 4.35. The molecule has 0 fully saturated rings. The largest absolute Gasteiger partial charge is 0.346 e. The van der Waals surface area contributed by atoms with Gasteiger partial charge >= 0.3 is 0 Å². The first-order valence-corrected chi connectivity index (χ1v) is 7.44. The minimum absolute atomic E-state index is 0.644. The molecule has 0 heterocycles. The molecule has 3 heteroatoms. The molecular formula is C19H17ClO2. The number of rotatable bonds is 4. The van der Waals surface area contributed by atoms with Crippen molar-refractivity contribution in [2.45, 2.75) is 5.79 Å². The van der Waals surface area contributed by atoms with Crippen LogP contribution >= 0.6 is 11.6 Å². The average molecular weight is 313 g/mol. The summed E-state index contributed by atoms with van der Waals surface area (Å²) < 4.78 is 11.6. The molecule has 0 aliphatic carbocycles. The summed E-state index contributed by atoms with van der Waals surface area (Å²) in [6.45, 7) is 0. The van der Waals surface area contributed by atoms with Crippen molar-refractivity contribution in [3.63, 3.8) is 0 Å². The molecule has 0 bridgehead atoms. The van der Waals surface area contributed by atoms with Crippen LogP contribution in [0.3, 0.4) is 0 Å². The van der Waals surface area contributed by atoms with Crippen LogP contribution in [0.1, 0.15) is 11.1 Å². The molecular weight excluding hydrogens is 296 g/mol. The first kappa shape index (κ1) is 15.0. The summed E-state index contributed by atoms with van der Waals surface area (Å²) >= 11 is 6.67. The van der Waals surface area contributed by atoms with Crippen LogP contribution in [0.2, 0.25) is 5.02 Å². The zero-order chi connectivity index (χ0) is 15.6. The van der Waals surface area contributed by atoms with Gasteiger partial charge in [-0.15, -0.1) is 0 Å². The fraction of sp³-hybridized carbons (Fsp3) is 0.158. The average Bonchev–Trinajstić information content (AvgIpc) is 2.59. The van der Waals surface area contributed by atoms with Crippen molar-refractivity contribution in [1.29, 1.82) is 0 Å². The minimum atomic E-state index is -1.03. The van der Waals surface area contributed by atoms with Crippen molar-refractivity contribution in [1.82, 2.24) is 0 Å². The number of methoxy groups -OCH3 is 2. The van der Waals surface area contributed by atoms with E-state index in [1.165, 1.54) is 0 Å². The standard InChI is InChI=1S/C19H17ClO2/c1-21-19(22-2,15-9-4-3-5-10-15)17-13-12-14-8-6-7-11-16(14)18(17)20/h3-13H,1-2H3. The van der Waals surface area contributed by atoms with E-state index in [1.54, 1.807) is 14.2 Å². The van der Waals surface area contributed by atoms with Gasteiger partial charge in [0.25, 0.3) is 0 Å². The van der Waals surface area contributed by atoms with Gasteiger partial charge in [0.2, 0.25) is 5.79 Å². The van der Waals surface area contributed by atoms with Crippen LogP contribution in [-0.2, 0) is 15.3 Å². The maximum Gasteiger partial charge on any atom is 0.223 e. The SMILES string of the molecule is COC(OC)(c1ccccc1)c1ccc2ccccc2c1Cl. The van der Waals surface area contributed by atoms with Gasteiger partial charge < -0.3 is 9.47 Å². The summed E-state index contributed by atoms with van der Waals surface area (Å²) in [7, 11) is 3.25. The molecule has 3 aromatic rings. The number of benzene rings is 3. The highest BCUT2D eigenvalue weighted by Crippen LogP contribution is 2.40. The highest BCUT2D eigenvalue weighted by Gasteiger charge is 2.36. The maximum absolute atomic E-state index is 6.67. The van der Waals surface area contributed by atoms with Crippen molar-refractivity contribution in [3.8, 4) is 0 Å². The van der Waals surface area contributed by atoms with Crippen molar-refractivity contribution >= 4 is 22.4 Å². The van der Waals surface area contributed by atoms with Gasteiger partial charge in [0.1, 0.15) is 0 Å². The van der Waals surface area contributed by atoms with Crippen molar-refractivity contribution in [2.75, 3.05) is 14.2 Å². The lowest BCUT2D eigenvalue weighted by molar-refractivity contribution is -0.183. The van der Waals surface area contributed by atoms with Crippen molar-refractivity contribution in [3.05, 3.63) is 82.9 Å². The first-order valence-electron chi connectivity index (χ1n) is 7.06. The second-order valence-corrected chi connectivity index (χ2v) is 5.42. The van der Waals surface area contributed by atoms with E-state index in [2.05, 4.69) is 0 Å². The summed E-state index contributed by atoms with van der Waals surface area (Å²) in [5.41, 5.74) is 1.70. The summed E-state index contributed by atoms with van der Waals surface area (Å²) in [4.78, 5) is 0. The molecule has 0 radical (unpaired) electrons. The molecule has 112 valence electrons. The van der Waals surface area contributed by atoms with Crippen LogP contribution in [0.25, 0.3) is 10.8 Å². The Hall–Kier alpha value is -1.87. The van der Waals surface area contributed by atoms with E-state index in [-0.39, 0.29) is 0 Å². The Kier molecular flexibility index (Phi) is 4.16. The number of hydrogen-bond donors (Lipinski definition) is 0. The van der Waals surface area contributed by atoms with Gasteiger partial charge in [0.05, 0.1) is 5.02 Å². The van der Waals surface area contributed by atoms with E-state index in [0.717, 1.165) is 21.9 Å². The highest BCUT2D eigenvalue weighted by molar-refractivity contribution is 6.36. The molecule has 3 rings (SSSR count). The van der Waals surface area contributed by atoms with E-state index in [0.29, 0.717) is 5.02 Å². The Morgan fingerprint density at radius 1 is 0.773 bits per heavy atom. The molecule has 22 heavy (non-hydrogen) atoms. The number of fused-ring (bicyclic) bond motifs is 1. The molecule has 0 aliphatic heterocycles. The quantitative estimate of drug-likeness (QED) is 0.632. The minimum Gasteiger partial charge on any atom is -0.346 e. The van der Waals surface area contributed by atoms with Crippen LogP contribution < -0.4 is 0 Å². The summed E-state index contributed by atoms with van der Waals surface area (Å²) in [5, 5.41) is 2.71. The summed E-state index contributed by atoms with van der Waals surface area (Å²) in [6.07, 6.45) is 0. The second kappa shape index (κ2) is 6.09. The van der Waals surface area contributed by atoms with E-state index < -0.39 is 5.79 Å². The van der Waals surface area contributed by atoms with E-state index in [4.69, 9.17) is 21.1 Å². The summed E-state index contributed by atoms with van der Waals surface area (Å²) in [6, 6.07) is 21.8.